The number of likely N-dealkylation sites (tertiary alicyclic amines) is 1. The number of halogens is 1. The summed E-state index contributed by atoms with van der Waals surface area (Å²) in [6.07, 6.45) is 1.41. The number of carbonyl (C=O) groups is 1. The Labute approximate surface area is 106 Å². The van der Waals surface area contributed by atoms with Gasteiger partial charge >= 0.3 is 0 Å². The van der Waals surface area contributed by atoms with Crippen molar-refractivity contribution in [2.24, 2.45) is 5.92 Å². The summed E-state index contributed by atoms with van der Waals surface area (Å²) in [4.78, 5) is 13.9. The summed E-state index contributed by atoms with van der Waals surface area (Å²) in [6.45, 7) is 2.92. The summed E-state index contributed by atoms with van der Waals surface area (Å²) in [5.74, 6) is -0.484. The van der Waals surface area contributed by atoms with E-state index >= 15 is 0 Å². The topological polar surface area (TPSA) is 44.1 Å². The van der Waals surface area contributed by atoms with Crippen molar-refractivity contribution in [1.82, 2.24) is 4.90 Å². The second-order valence-corrected chi connectivity index (χ2v) is 4.71. The molecule has 1 aliphatic rings. The number of nitriles is 1. The lowest BCUT2D eigenvalue weighted by Gasteiger charge is -2.29. The summed E-state index contributed by atoms with van der Waals surface area (Å²) in [7, 11) is 0. The van der Waals surface area contributed by atoms with Gasteiger partial charge in [-0.1, -0.05) is 0 Å². The number of hydrogen-bond donors (Lipinski definition) is 0. The summed E-state index contributed by atoms with van der Waals surface area (Å²) < 4.78 is 13.3. The second-order valence-electron chi connectivity index (χ2n) is 4.71. The summed E-state index contributed by atoms with van der Waals surface area (Å²) >= 11 is 0. The third-order valence-electron chi connectivity index (χ3n) is 3.25. The molecule has 0 aromatic heterocycles. The molecule has 0 spiro atoms. The fourth-order valence-corrected chi connectivity index (χ4v) is 2.25. The number of hydrogen-bond acceptors (Lipinski definition) is 2. The van der Waals surface area contributed by atoms with Gasteiger partial charge in [-0.05, 0) is 43.5 Å². The van der Waals surface area contributed by atoms with Gasteiger partial charge in [0.15, 0.2) is 0 Å². The van der Waals surface area contributed by atoms with E-state index in [1.807, 2.05) is 0 Å². The highest BCUT2D eigenvalue weighted by Gasteiger charge is 2.23. The average Bonchev–Trinajstić information content (AvgIpc) is 2.37. The monoisotopic (exact) mass is 246 g/mol. The molecule has 0 bridgehead atoms. The van der Waals surface area contributed by atoms with E-state index in [0.717, 1.165) is 5.56 Å². The molecule has 1 aromatic rings. The second kappa shape index (κ2) is 5.18. The minimum absolute atomic E-state index is 0.0447. The van der Waals surface area contributed by atoms with Crippen LogP contribution in [0.4, 0.5) is 4.39 Å². The van der Waals surface area contributed by atoms with Gasteiger partial charge < -0.3 is 4.90 Å². The molecule has 1 heterocycles. The Bertz CT molecular complexity index is 479. The molecule has 4 heteroatoms. The Morgan fingerprint density at radius 3 is 2.61 bits per heavy atom. The molecule has 3 nitrogen and oxygen atoms in total. The average molecular weight is 246 g/mol. The molecule has 0 N–H and O–H groups in total. The van der Waals surface area contributed by atoms with Crippen LogP contribution in [0.25, 0.3) is 0 Å². The lowest BCUT2D eigenvalue weighted by molar-refractivity contribution is 0.0706. The van der Waals surface area contributed by atoms with E-state index in [0.29, 0.717) is 31.5 Å². The predicted octanol–water partition coefficient (Wildman–Crippen LogP) is 2.51. The first-order chi connectivity index (χ1) is 8.60. The largest absolute Gasteiger partial charge is 0.339 e. The standard InChI is InChI=1S/C14H15FN2O/c1-10-6-12(8-13(15)7-10)14(18)17-4-2-11(9-16)3-5-17/h6-8,11H,2-5H2,1H3. The molecule has 0 unspecified atom stereocenters. The predicted molar refractivity (Wildman–Crippen MR) is 65.4 cm³/mol. The van der Waals surface area contributed by atoms with Crippen LogP contribution in [0.15, 0.2) is 18.2 Å². The SMILES string of the molecule is Cc1cc(F)cc(C(=O)N2CCC(C#N)CC2)c1. The van der Waals surface area contributed by atoms with E-state index in [1.165, 1.54) is 12.1 Å². The van der Waals surface area contributed by atoms with Crippen LogP contribution in [0, 0.1) is 30.0 Å². The van der Waals surface area contributed by atoms with Gasteiger partial charge in [-0.25, -0.2) is 4.39 Å². The highest BCUT2D eigenvalue weighted by Crippen LogP contribution is 2.19. The van der Waals surface area contributed by atoms with Crippen molar-refractivity contribution in [2.45, 2.75) is 19.8 Å². The smallest absolute Gasteiger partial charge is 0.253 e. The first-order valence-corrected chi connectivity index (χ1v) is 6.06. The van der Waals surface area contributed by atoms with Crippen LogP contribution in [0.3, 0.4) is 0 Å². The van der Waals surface area contributed by atoms with Crippen molar-refractivity contribution in [3.05, 3.63) is 35.1 Å². The molecule has 1 amide bonds. The van der Waals surface area contributed by atoms with Gasteiger partial charge in [0.25, 0.3) is 5.91 Å². The molecule has 2 rings (SSSR count). The first kappa shape index (κ1) is 12.6. The Morgan fingerprint density at radius 1 is 1.39 bits per heavy atom. The molecule has 0 saturated carbocycles. The third-order valence-corrected chi connectivity index (χ3v) is 3.25. The molecular formula is C14H15FN2O. The van der Waals surface area contributed by atoms with E-state index in [1.54, 1.807) is 17.9 Å². The quantitative estimate of drug-likeness (QED) is 0.764. The fourth-order valence-electron chi connectivity index (χ4n) is 2.25. The fraction of sp³-hybridized carbons (Fsp3) is 0.429. The van der Waals surface area contributed by atoms with Crippen molar-refractivity contribution < 1.29 is 9.18 Å². The van der Waals surface area contributed by atoms with Gasteiger partial charge in [0.2, 0.25) is 0 Å². The summed E-state index contributed by atoms with van der Waals surface area (Å²) in [6, 6.07) is 6.59. The molecule has 0 aliphatic carbocycles. The maximum Gasteiger partial charge on any atom is 0.253 e. The van der Waals surface area contributed by atoms with E-state index < -0.39 is 0 Å². The van der Waals surface area contributed by atoms with Crippen LogP contribution in [-0.2, 0) is 0 Å². The minimum Gasteiger partial charge on any atom is -0.339 e. The van der Waals surface area contributed by atoms with Gasteiger partial charge in [-0.2, -0.15) is 5.26 Å². The molecule has 0 radical (unpaired) electrons. The Balaban J connectivity index is 2.10. The van der Waals surface area contributed by atoms with Crippen molar-refractivity contribution in [3.8, 4) is 6.07 Å². The van der Waals surface area contributed by atoms with Crippen molar-refractivity contribution in [3.63, 3.8) is 0 Å². The Kier molecular flexibility index (Phi) is 3.61. The van der Waals surface area contributed by atoms with Gasteiger partial charge in [0.05, 0.1) is 6.07 Å². The lowest BCUT2D eigenvalue weighted by atomic mass is 9.98. The number of carbonyl (C=O) groups excluding carboxylic acids is 1. The van der Waals surface area contributed by atoms with E-state index in [2.05, 4.69) is 6.07 Å². The minimum atomic E-state index is -0.384. The van der Waals surface area contributed by atoms with Crippen LogP contribution in [0.1, 0.15) is 28.8 Å². The van der Waals surface area contributed by atoms with Crippen LogP contribution in [0.2, 0.25) is 0 Å². The van der Waals surface area contributed by atoms with Gasteiger partial charge in [-0.3, -0.25) is 4.79 Å². The van der Waals surface area contributed by atoms with Crippen LogP contribution in [-0.4, -0.2) is 23.9 Å². The molecule has 18 heavy (non-hydrogen) atoms. The Morgan fingerprint density at radius 2 is 2.06 bits per heavy atom. The van der Waals surface area contributed by atoms with Gasteiger partial charge in [-0.15, -0.1) is 0 Å². The number of rotatable bonds is 1. The van der Waals surface area contributed by atoms with Crippen molar-refractivity contribution in [2.75, 3.05) is 13.1 Å². The molecule has 1 saturated heterocycles. The van der Waals surface area contributed by atoms with Crippen LogP contribution in [0.5, 0.6) is 0 Å². The van der Waals surface area contributed by atoms with Crippen LogP contribution >= 0.6 is 0 Å². The number of aryl methyl sites for hydroxylation is 1. The lowest BCUT2D eigenvalue weighted by Crippen LogP contribution is -2.38. The molecule has 1 aliphatic heterocycles. The molecule has 0 atom stereocenters. The number of piperidine rings is 1. The maximum atomic E-state index is 13.3. The maximum absolute atomic E-state index is 13.3. The molecule has 94 valence electrons. The van der Waals surface area contributed by atoms with E-state index in [4.69, 9.17) is 5.26 Å². The van der Waals surface area contributed by atoms with Gasteiger partial charge in [0, 0.05) is 24.6 Å². The zero-order chi connectivity index (χ0) is 13.1. The summed E-state index contributed by atoms with van der Waals surface area (Å²) in [5, 5.41) is 8.80. The van der Waals surface area contributed by atoms with Gasteiger partial charge in [0.1, 0.15) is 5.82 Å². The van der Waals surface area contributed by atoms with E-state index in [-0.39, 0.29) is 17.6 Å². The van der Waals surface area contributed by atoms with Crippen LogP contribution < -0.4 is 0 Å². The highest BCUT2D eigenvalue weighted by molar-refractivity contribution is 5.94. The molecule has 1 aromatic carbocycles. The Hall–Kier alpha value is -1.89. The van der Waals surface area contributed by atoms with E-state index in [9.17, 15) is 9.18 Å². The van der Waals surface area contributed by atoms with Crippen molar-refractivity contribution >= 4 is 5.91 Å². The molecule has 1 fully saturated rings. The number of amides is 1. The third kappa shape index (κ3) is 2.67. The highest BCUT2D eigenvalue weighted by atomic mass is 19.1. The summed E-state index contributed by atoms with van der Waals surface area (Å²) in [5.41, 5.74) is 1.13. The molecular weight excluding hydrogens is 231 g/mol. The first-order valence-electron chi connectivity index (χ1n) is 6.06. The van der Waals surface area contributed by atoms with Crippen molar-refractivity contribution in [1.29, 1.82) is 5.26 Å². The number of nitrogens with zero attached hydrogens (tertiary/aromatic N) is 2. The zero-order valence-corrected chi connectivity index (χ0v) is 10.3. The number of benzene rings is 1. The normalized spacial score (nSPS) is 16.4. The zero-order valence-electron chi connectivity index (χ0n) is 10.3.